The smallest absolute Gasteiger partial charge is 0.319 e. The van der Waals surface area contributed by atoms with Gasteiger partial charge in [-0.2, -0.15) is 0 Å². The second-order valence-electron chi connectivity index (χ2n) is 5.26. The summed E-state index contributed by atoms with van der Waals surface area (Å²) >= 11 is 1.63. The molecule has 22 heavy (non-hydrogen) atoms. The normalized spacial score (nSPS) is 19.7. The van der Waals surface area contributed by atoms with Crippen molar-refractivity contribution in [1.29, 1.82) is 0 Å². The second kappa shape index (κ2) is 6.10. The predicted molar refractivity (Wildman–Crippen MR) is 89.0 cm³/mol. The molecule has 0 saturated carbocycles. The number of rotatable bonds is 3. The highest BCUT2D eigenvalue weighted by molar-refractivity contribution is 7.91. The van der Waals surface area contributed by atoms with E-state index in [1.807, 2.05) is 41.8 Å². The van der Waals surface area contributed by atoms with E-state index >= 15 is 0 Å². The molecule has 1 aromatic carbocycles. The minimum absolute atomic E-state index is 0.0235. The Kier molecular flexibility index (Phi) is 4.17. The molecule has 7 heteroatoms. The molecule has 116 valence electrons. The Balaban J connectivity index is 1.63. The molecule has 0 unspecified atom stereocenters. The standard InChI is InChI=1S/C15H16N2O3S2/c18-15(17-13-6-8-22(19,20)10-13)16-12-4-1-3-11(9-12)14-5-2-7-21-14/h1-5,7,9,13H,6,8,10H2,(H2,16,17,18)/t13-/m1/s1. The number of benzene rings is 1. The number of hydrogen-bond donors (Lipinski definition) is 2. The highest BCUT2D eigenvalue weighted by atomic mass is 32.2. The average molecular weight is 336 g/mol. The van der Waals surface area contributed by atoms with Crippen molar-refractivity contribution in [2.45, 2.75) is 12.5 Å². The summed E-state index contributed by atoms with van der Waals surface area (Å²) in [7, 11) is -2.99. The van der Waals surface area contributed by atoms with Crippen LogP contribution in [-0.4, -0.2) is 32.0 Å². The van der Waals surface area contributed by atoms with Gasteiger partial charge in [-0.25, -0.2) is 13.2 Å². The Labute approximate surface area is 133 Å². The van der Waals surface area contributed by atoms with E-state index in [0.717, 1.165) is 10.4 Å². The SMILES string of the molecule is O=C(Nc1cccc(-c2cccs2)c1)N[C@@H]1CCS(=O)(=O)C1. The van der Waals surface area contributed by atoms with Crippen LogP contribution in [-0.2, 0) is 9.84 Å². The summed E-state index contributed by atoms with van der Waals surface area (Å²) in [5, 5.41) is 7.47. The third-order valence-corrected chi connectivity index (χ3v) is 6.18. The van der Waals surface area contributed by atoms with Crippen molar-refractivity contribution in [2.24, 2.45) is 0 Å². The third kappa shape index (κ3) is 3.66. The maximum Gasteiger partial charge on any atom is 0.319 e. The number of hydrogen-bond acceptors (Lipinski definition) is 4. The van der Waals surface area contributed by atoms with Gasteiger partial charge in [0, 0.05) is 16.6 Å². The second-order valence-corrected chi connectivity index (χ2v) is 8.43. The van der Waals surface area contributed by atoms with Gasteiger partial charge in [0.2, 0.25) is 0 Å². The van der Waals surface area contributed by atoms with E-state index in [4.69, 9.17) is 0 Å². The number of amides is 2. The van der Waals surface area contributed by atoms with Crippen LogP contribution >= 0.6 is 11.3 Å². The van der Waals surface area contributed by atoms with E-state index in [9.17, 15) is 13.2 Å². The first kappa shape index (κ1) is 15.1. The molecule has 1 aliphatic rings. The summed E-state index contributed by atoms with van der Waals surface area (Å²) in [5.74, 6) is 0.168. The number of anilines is 1. The molecule has 0 aliphatic carbocycles. The van der Waals surface area contributed by atoms with Crippen LogP contribution < -0.4 is 10.6 Å². The van der Waals surface area contributed by atoms with Gasteiger partial charge in [-0.15, -0.1) is 11.3 Å². The van der Waals surface area contributed by atoms with Gasteiger partial charge in [-0.05, 0) is 35.6 Å². The number of carbonyl (C=O) groups excluding carboxylic acids is 1. The minimum Gasteiger partial charge on any atom is -0.334 e. The summed E-state index contributed by atoms with van der Waals surface area (Å²) < 4.78 is 22.8. The van der Waals surface area contributed by atoms with E-state index in [1.54, 1.807) is 11.3 Å². The largest absolute Gasteiger partial charge is 0.334 e. The first-order valence-electron chi connectivity index (χ1n) is 6.94. The highest BCUT2D eigenvalue weighted by Crippen LogP contribution is 2.26. The van der Waals surface area contributed by atoms with Crippen molar-refractivity contribution in [3.63, 3.8) is 0 Å². The zero-order chi connectivity index (χ0) is 15.6. The first-order chi connectivity index (χ1) is 10.5. The molecule has 1 atom stereocenters. The molecule has 2 N–H and O–H groups in total. The number of carbonyl (C=O) groups is 1. The molecule has 5 nitrogen and oxygen atoms in total. The van der Waals surface area contributed by atoms with Gasteiger partial charge in [0.05, 0.1) is 11.5 Å². The molecular formula is C15H16N2O3S2. The van der Waals surface area contributed by atoms with E-state index in [2.05, 4.69) is 10.6 Å². The molecule has 1 fully saturated rings. The molecular weight excluding hydrogens is 320 g/mol. The third-order valence-electron chi connectivity index (χ3n) is 3.49. The van der Waals surface area contributed by atoms with Gasteiger partial charge >= 0.3 is 6.03 Å². The van der Waals surface area contributed by atoms with Crippen LogP contribution in [0.25, 0.3) is 10.4 Å². The van der Waals surface area contributed by atoms with Crippen molar-refractivity contribution in [3.8, 4) is 10.4 Å². The summed E-state index contributed by atoms with van der Waals surface area (Å²) in [6.07, 6.45) is 0.477. The predicted octanol–water partition coefficient (Wildman–Crippen LogP) is 2.72. The van der Waals surface area contributed by atoms with E-state index < -0.39 is 9.84 Å². The van der Waals surface area contributed by atoms with Crippen molar-refractivity contribution in [2.75, 3.05) is 16.8 Å². The van der Waals surface area contributed by atoms with E-state index in [1.165, 1.54) is 0 Å². The fraction of sp³-hybridized carbons (Fsp3) is 0.267. The Bertz CT molecular complexity index is 770. The Hall–Kier alpha value is -1.86. The maximum atomic E-state index is 12.0. The lowest BCUT2D eigenvalue weighted by Crippen LogP contribution is -2.38. The zero-order valence-electron chi connectivity index (χ0n) is 11.8. The van der Waals surface area contributed by atoms with Crippen LogP contribution in [0.3, 0.4) is 0 Å². The lowest BCUT2D eigenvalue weighted by atomic mass is 10.1. The van der Waals surface area contributed by atoms with Gasteiger partial charge in [-0.3, -0.25) is 0 Å². The molecule has 2 amide bonds. The van der Waals surface area contributed by atoms with Gasteiger partial charge in [0.1, 0.15) is 0 Å². The molecule has 1 aliphatic heterocycles. The van der Waals surface area contributed by atoms with Gasteiger partial charge < -0.3 is 10.6 Å². The minimum atomic E-state index is -2.99. The van der Waals surface area contributed by atoms with Crippen LogP contribution in [0.4, 0.5) is 10.5 Å². The first-order valence-corrected chi connectivity index (χ1v) is 9.64. The van der Waals surface area contributed by atoms with E-state index in [0.29, 0.717) is 12.1 Å². The van der Waals surface area contributed by atoms with Crippen LogP contribution in [0.15, 0.2) is 41.8 Å². The fourth-order valence-corrected chi connectivity index (χ4v) is 4.85. The van der Waals surface area contributed by atoms with Crippen LogP contribution in [0, 0.1) is 0 Å². The number of urea groups is 1. The molecule has 2 heterocycles. The molecule has 1 saturated heterocycles. The Morgan fingerprint density at radius 1 is 1.23 bits per heavy atom. The van der Waals surface area contributed by atoms with Crippen LogP contribution in [0.2, 0.25) is 0 Å². The highest BCUT2D eigenvalue weighted by Gasteiger charge is 2.28. The average Bonchev–Trinajstić information content (AvgIpc) is 3.09. The van der Waals surface area contributed by atoms with E-state index in [-0.39, 0.29) is 23.6 Å². The fourth-order valence-electron chi connectivity index (χ4n) is 2.45. The molecule has 0 radical (unpaired) electrons. The van der Waals surface area contributed by atoms with Crippen molar-refractivity contribution >= 4 is 32.9 Å². The van der Waals surface area contributed by atoms with Crippen molar-refractivity contribution in [3.05, 3.63) is 41.8 Å². The van der Waals surface area contributed by atoms with Crippen LogP contribution in [0.5, 0.6) is 0 Å². The number of thiophene rings is 1. The van der Waals surface area contributed by atoms with Gasteiger partial charge in [0.15, 0.2) is 9.84 Å². The quantitative estimate of drug-likeness (QED) is 0.905. The topological polar surface area (TPSA) is 75.3 Å². The summed E-state index contributed by atoms with van der Waals surface area (Å²) in [6, 6.07) is 10.9. The Morgan fingerprint density at radius 2 is 2.09 bits per heavy atom. The Morgan fingerprint density at radius 3 is 2.77 bits per heavy atom. The molecule has 0 bridgehead atoms. The van der Waals surface area contributed by atoms with Crippen molar-refractivity contribution < 1.29 is 13.2 Å². The van der Waals surface area contributed by atoms with Crippen molar-refractivity contribution in [1.82, 2.24) is 5.32 Å². The molecule has 3 rings (SSSR count). The summed E-state index contributed by atoms with van der Waals surface area (Å²) in [5.41, 5.74) is 1.72. The monoisotopic (exact) mass is 336 g/mol. The lowest BCUT2D eigenvalue weighted by Gasteiger charge is -2.12. The lowest BCUT2D eigenvalue weighted by molar-refractivity contribution is 0.249. The number of sulfone groups is 1. The summed E-state index contributed by atoms with van der Waals surface area (Å²) in [6.45, 7) is 0. The number of nitrogens with one attached hydrogen (secondary N) is 2. The maximum absolute atomic E-state index is 12.0. The van der Waals surface area contributed by atoms with Gasteiger partial charge in [-0.1, -0.05) is 18.2 Å². The molecule has 2 aromatic rings. The van der Waals surface area contributed by atoms with Gasteiger partial charge in [0.25, 0.3) is 0 Å². The summed E-state index contributed by atoms with van der Waals surface area (Å²) in [4.78, 5) is 13.1. The molecule has 0 spiro atoms. The zero-order valence-corrected chi connectivity index (χ0v) is 13.4. The van der Waals surface area contributed by atoms with Crippen LogP contribution in [0.1, 0.15) is 6.42 Å². The molecule has 1 aromatic heterocycles.